The van der Waals surface area contributed by atoms with E-state index in [4.69, 9.17) is 0 Å². The first-order valence-electron chi connectivity index (χ1n) is 6.38. The van der Waals surface area contributed by atoms with Gasteiger partial charge in [0, 0.05) is 19.4 Å². The summed E-state index contributed by atoms with van der Waals surface area (Å²) in [6.45, 7) is -0.330. The standard InChI is InChI=1S/C12H13F5N2O3/c1-22-10(21)8-7(12(15,16)17)9(20)18-19(8)5-6-2-3-11(13,14)4-6/h6H,2-5H2,1H3,(H,18,20). The molecule has 0 spiro atoms. The van der Waals surface area contributed by atoms with Gasteiger partial charge >= 0.3 is 12.1 Å². The summed E-state index contributed by atoms with van der Waals surface area (Å²) in [7, 11) is 0.876. The van der Waals surface area contributed by atoms with Gasteiger partial charge in [0.1, 0.15) is 0 Å². The summed E-state index contributed by atoms with van der Waals surface area (Å²) in [4.78, 5) is 11.6. The molecule has 1 fully saturated rings. The van der Waals surface area contributed by atoms with Crippen molar-refractivity contribution in [1.82, 2.24) is 9.78 Å². The van der Waals surface area contributed by atoms with Crippen molar-refractivity contribution in [1.29, 1.82) is 0 Å². The van der Waals surface area contributed by atoms with E-state index in [1.165, 1.54) is 0 Å². The molecule has 0 amide bonds. The lowest BCUT2D eigenvalue weighted by atomic mass is 10.1. The van der Waals surface area contributed by atoms with E-state index in [2.05, 4.69) is 9.84 Å². The Labute approximate surface area is 121 Å². The number of aromatic nitrogens is 2. The lowest BCUT2D eigenvalue weighted by Crippen LogP contribution is -2.20. The molecule has 10 heteroatoms. The Bertz CT molecular complexity index is 582. The Hall–Kier alpha value is -1.87. The van der Waals surface area contributed by atoms with E-state index in [-0.39, 0.29) is 19.4 Å². The second-order valence-corrected chi connectivity index (χ2v) is 5.18. The predicted octanol–water partition coefficient (Wildman–Crippen LogP) is 2.83. The van der Waals surface area contributed by atoms with E-state index >= 15 is 0 Å². The molecule has 0 aliphatic heterocycles. The Balaban J connectivity index is 2.38. The largest absolute Gasteiger partial charge is 0.492 e. The molecule has 1 atom stereocenters. The average Bonchev–Trinajstić information content (AvgIpc) is 2.88. The van der Waals surface area contributed by atoms with Crippen LogP contribution in [0.1, 0.15) is 35.3 Å². The molecule has 1 saturated carbocycles. The minimum Gasteiger partial charge on any atom is -0.492 e. The summed E-state index contributed by atoms with van der Waals surface area (Å²) >= 11 is 0. The van der Waals surface area contributed by atoms with Crippen LogP contribution in [0.15, 0.2) is 0 Å². The zero-order chi connectivity index (χ0) is 16.7. The quantitative estimate of drug-likeness (QED) is 0.684. The van der Waals surface area contributed by atoms with Crippen LogP contribution in [0.4, 0.5) is 22.0 Å². The molecule has 1 aliphatic carbocycles. The van der Waals surface area contributed by atoms with E-state index in [0.717, 1.165) is 7.11 Å². The van der Waals surface area contributed by atoms with Crippen LogP contribution in [0, 0.1) is 5.92 Å². The molecule has 22 heavy (non-hydrogen) atoms. The SMILES string of the molecule is COC(=O)c1c(C(F)(F)F)c(O)nn1CC1CCC(F)(F)C1. The summed E-state index contributed by atoms with van der Waals surface area (Å²) in [6, 6.07) is 0. The van der Waals surface area contributed by atoms with Crippen LogP contribution in [0.5, 0.6) is 5.88 Å². The van der Waals surface area contributed by atoms with Crippen LogP contribution >= 0.6 is 0 Å². The number of alkyl halides is 5. The van der Waals surface area contributed by atoms with Crippen molar-refractivity contribution in [3.05, 3.63) is 11.3 Å². The van der Waals surface area contributed by atoms with Gasteiger partial charge in [-0.25, -0.2) is 13.6 Å². The van der Waals surface area contributed by atoms with Crippen LogP contribution in [0.3, 0.4) is 0 Å². The highest BCUT2D eigenvalue weighted by Crippen LogP contribution is 2.42. The van der Waals surface area contributed by atoms with Gasteiger partial charge in [-0.3, -0.25) is 4.68 Å². The summed E-state index contributed by atoms with van der Waals surface area (Å²) in [5, 5.41) is 12.6. The molecular weight excluding hydrogens is 315 g/mol. The topological polar surface area (TPSA) is 64.3 Å². The number of hydrogen-bond donors (Lipinski definition) is 1. The molecule has 5 nitrogen and oxygen atoms in total. The van der Waals surface area contributed by atoms with Gasteiger partial charge in [-0.1, -0.05) is 0 Å². The van der Waals surface area contributed by atoms with Gasteiger partial charge in [-0.05, 0) is 12.3 Å². The molecule has 1 unspecified atom stereocenters. The van der Waals surface area contributed by atoms with E-state index < -0.39 is 47.5 Å². The number of nitrogens with zero attached hydrogens (tertiary/aromatic N) is 2. The summed E-state index contributed by atoms with van der Waals surface area (Å²) in [6.07, 6.45) is -5.80. The number of rotatable bonds is 3. The molecule has 1 aliphatic rings. The zero-order valence-corrected chi connectivity index (χ0v) is 11.5. The van der Waals surface area contributed by atoms with Gasteiger partial charge in [0.15, 0.2) is 11.3 Å². The predicted molar refractivity (Wildman–Crippen MR) is 62.5 cm³/mol. The molecule has 0 radical (unpaired) electrons. The lowest BCUT2D eigenvalue weighted by Gasteiger charge is -2.13. The first kappa shape index (κ1) is 16.5. The molecule has 1 heterocycles. The molecule has 2 rings (SSSR count). The molecule has 1 N–H and O–H groups in total. The number of halogens is 5. The van der Waals surface area contributed by atoms with Gasteiger partial charge in [0.05, 0.1) is 7.11 Å². The first-order chi connectivity index (χ1) is 10.0. The van der Waals surface area contributed by atoms with Crippen molar-refractivity contribution < 1.29 is 36.6 Å². The fourth-order valence-corrected chi connectivity index (χ4v) is 2.59. The maximum atomic E-state index is 13.1. The third-order valence-corrected chi connectivity index (χ3v) is 3.53. The van der Waals surface area contributed by atoms with Crippen molar-refractivity contribution in [2.75, 3.05) is 7.11 Å². The van der Waals surface area contributed by atoms with Crippen LogP contribution in [0.25, 0.3) is 0 Å². The van der Waals surface area contributed by atoms with Crippen LogP contribution in [0.2, 0.25) is 0 Å². The Morgan fingerprint density at radius 1 is 1.50 bits per heavy atom. The molecule has 1 aromatic heterocycles. The maximum Gasteiger partial charge on any atom is 0.424 e. The monoisotopic (exact) mass is 328 g/mol. The van der Waals surface area contributed by atoms with Crippen LogP contribution in [-0.4, -0.2) is 33.9 Å². The first-order valence-corrected chi connectivity index (χ1v) is 6.38. The normalized spacial score (nSPS) is 21.1. The second-order valence-electron chi connectivity index (χ2n) is 5.18. The Kier molecular flexibility index (Phi) is 4.05. The highest BCUT2D eigenvalue weighted by atomic mass is 19.4. The third-order valence-electron chi connectivity index (χ3n) is 3.53. The number of ether oxygens (including phenoxy) is 1. The second kappa shape index (κ2) is 5.40. The number of aromatic hydroxyl groups is 1. The van der Waals surface area contributed by atoms with E-state index in [1.54, 1.807) is 0 Å². The number of methoxy groups -OCH3 is 1. The fourth-order valence-electron chi connectivity index (χ4n) is 2.59. The molecule has 0 bridgehead atoms. The van der Waals surface area contributed by atoms with Crippen molar-refractivity contribution >= 4 is 5.97 Å². The molecular formula is C12H13F5N2O3. The number of carbonyl (C=O) groups is 1. The van der Waals surface area contributed by atoms with E-state index in [0.29, 0.717) is 4.68 Å². The highest BCUT2D eigenvalue weighted by molar-refractivity contribution is 5.90. The third kappa shape index (κ3) is 3.14. The van der Waals surface area contributed by atoms with Crippen LogP contribution in [-0.2, 0) is 17.5 Å². The molecule has 0 saturated heterocycles. The minimum absolute atomic E-state index is 0.0928. The Morgan fingerprint density at radius 3 is 2.59 bits per heavy atom. The molecule has 0 aromatic carbocycles. The molecule has 124 valence electrons. The summed E-state index contributed by atoms with van der Waals surface area (Å²) < 4.78 is 69.9. The number of carbonyl (C=O) groups excluding carboxylic acids is 1. The zero-order valence-electron chi connectivity index (χ0n) is 11.5. The average molecular weight is 328 g/mol. The van der Waals surface area contributed by atoms with Gasteiger partial charge in [-0.2, -0.15) is 13.2 Å². The fraction of sp³-hybridized carbons (Fsp3) is 0.667. The molecule has 1 aromatic rings. The minimum atomic E-state index is -5.02. The summed E-state index contributed by atoms with van der Waals surface area (Å²) in [5.74, 6) is -6.24. The van der Waals surface area contributed by atoms with Gasteiger partial charge in [0.2, 0.25) is 11.8 Å². The smallest absolute Gasteiger partial charge is 0.424 e. The lowest BCUT2D eigenvalue weighted by molar-refractivity contribution is -0.139. The van der Waals surface area contributed by atoms with E-state index in [1.807, 2.05) is 0 Å². The van der Waals surface area contributed by atoms with Crippen molar-refractivity contribution in [3.8, 4) is 5.88 Å². The van der Waals surface area contributed by atoms with Gasteiger partial charge in [-0.15, -0.1) is 5.10 Å². The van der Waals surface area contributed by atoms with Crippen LogP contribution < -0.4 is 0 Å². The highest BCUT2D eigenvalue weighted by Gasteiger charge is 2.45. The maximum absolute atomic E-state index is 13.1. The van der Waals surface area contributed by atoms with E-state index in [9.17, 15) is 31.9 Å². The van der Waals surface area contributed by atoms with Crippen molar-refractivity contribution in [2.45, 2.75) is 37.9 Å². The number of esters is 1. The van der Waals surface area contributed by atoms with Gasteiger partial charge in [0.25, 0.3) is 0 Å². The van der Waals surface area contributed by atoms with Crippen molar-refractivity contribution in [2.24, 2.45) is 5.92 Å². The number of hydrogen-bond acceptors (Lipinski definition) is 4. The Morgan fingerprint density at radius 2 is 2.14 bits per heavy atom. The van der Waals surface area contributed by atoms with Gasteiger partial charge < -0.3 is 9.84 Å². The summed E-state index contributed by atoms with van der Waals surface area (Å²) in [5.41, 5.74) is -2.60. The van der Waals surface area contributed by atoms with Crippen molar-refractivity contribution in [3.63, 3.8) is 0 Å².